The predicted octanol–water partition coefficient (Wildman–Crippen LogP) is 7.53. The molecule has 0 aromatic rings. The highest BCUT2D eigenvalue weighted by Gasteiger charge is 2.76. The Labute approximate surface area is 177 Å². The highest BCUT2D eigenvalue weighted by atomic mass is 28.4. The van der Waals surface area contributed by atoms with E-state index < -0.39 is 16.1 Å². The van der Waals surface area contributed by atoms with Crippen LogP contribution in [0.15, 0.2) is 12.2 Å². The van der Waals surface area contributed by atoms with E-state index in [1.807, 2.05) is 7.11 Å². The van der Waals surface area contributed by atoms with E-state index in [1.54, 1.807) is 0 Å². The van der Waals surface area contributed by atoms with Crippen LogP contribution in [0.25, 0.3) is 0 Å². The Balaban J connectivity index is 2.03. The van der Waals surface area contributed by atoms with Gasteiger partial charge in [0.05, 0.1) is 14.2 Å². The van der Waals surface area contributed by atoms with Gasteiger partial charge in [-0.2, -0.15) is 0 Å². The second-order valence-electron chi connectivity index (χ2n) is 13.6. The maximum absolute atomic E-state index is 6.49. The lowest BCUT2D eigenvalue weighted by Crippen LogP contribution is -2.76. The Morgan fingerprint density at radius 1 is 0.857 bits per heavy atom. The minimum Gasteiger partial charge on any atom is -0.377 e. The Kier molecular flexibility index (Phi) is 4.83. The fraction of sp³-hybridized carbons (Fsp3) is 0.920. The molecule has 1 nitrogen and oxygen atoms in total. The minimum atomic E-state index is -1.65. The molecule has 0 aromatic heterocycles. The van der Waals surface area contributed by atoms with Crippen molar-refractivity contribution in [3.63, 3.8) is 0 Å². The summed E-state index contributed by atoms with van der Waals surface area (Å²) in [5.41, 5.74) is 0.400. The molecule has 0 heterocycles. The van der Waals surface area contributed by atoms with Crippen molar-refractivity contribution in [1.29, 1.82) is 0 Å². The number of allylic oxidation sites excluding steroid dienone is 1. The molecule has 2 atom stereocenters. The van der Waals surface area contributed by atoms with Gasteiger partial charge >= 0.3 is 0 Å². The van der Waals surface area contributed by atoms with Crippen LogP contribution in [0.3, 0.4) is 0 Å². The average Bonchev–Trinajstić information content (AvgIpc) is 2.56. The van der Waals surface area contributed by atoms with Crippen molar-refractivity contribution in [3.8, 4) is 0 Å². The van der Waals surface area contributed by atoms with E-state index in [4.69, 9.17) is 4.74 Å². The molecule has 5 aliphatic carbocycles. The maximum Gasteiger partial charge on any atom is 0.0813 e. The first kappa shape index (κ1) is 21.4. The highest BCUT2D eigenvalue weighted by Crippen LogP contribution is 2.79. The first-order valence-corrected chi connectivity index (χ1v) is 18.5. The normalized spacial score (nSPS) is 45.8. The molecule has 5 aliphatic rings. The molecule has 0 aromatic carbocycles. The summed E-state index contributed by atoms with van der Waals surface area (Å²) < 4.78 is 6.99. The van der Waals surface area contributed by atoms with E-state index in [-0.39, 0.29) is 0 Å². The van der Waals surface area contributed by atoms with Crippen molar-refractivity contribution in [2.24, 2.45) is 29.1 Å². The Morgan fingerprint density at radius 3 is 1.75 bits per heavy atom. The molecule has 4 saturated carbocycles. The van der Waals surface area contributed by atoms with Crippen LogP contribution in [-0.2, 0) is 4.74 Å². The summed E-state index contributed by atoms with van der Waals surface area (Å²) in [7, 11) is -1.14. The maximum atomic E-state index is 6.49. The molecule has 160 valence electrons. The molecule has 0 saturated heterocycles. The molecule has 1 spiro atoms. The van der Waals surface area contributed by atoms with E-state index in [1.165, 1.54) is 38.5 Å². The van der Waals surface area contributed by atoms with Crippen LogP contribution in [0.2, 0.25) is 42.4 Å². The lowest BCUT2D eigenvalue weighted by atomic mass is 9.42. The van der Waals surface area contributed by atoms with E-state index in [9.17, 15) is 0 Å². The zero-order valence-electron chi connectivity index (χ0n) is 20.2. The van der Waals surface area contributed by atoms with Gasteiger partial charge < -0.3 is 4.74 Å². The topological polar surface area (TPSA) is 9.23 Å². The van der Waals surface area contributed by atoms with Crippen LogP contribution in [0.5, 0.6) is 0 Å². The van der Waals surface area contributed by atoms with Crippen LogP contribution in [0.1, 0.15) is 59.3 Å². The van der Waals surface area contributed by atoms with Crippen LogP contribution < -0.4 is 0 Å². The first-order valence-electron chi connectivity index (χ1n) is 12.0. The number of hydrogen-bond acceptors (Lipinski definition) is 1. The number of methoxy groups -OCH3 is 1. The molecule has 4 fully saturated rings. The second-order valence-corrected chi connectivity index (χ2v) is 25.0. The van der Waals surface area contributed by atoms with Gasteiger partial charge in [0.15, 0.2) is 0 Å². The van der Waals surface area contributed by atoms with Crippen LogP contribution >= 0.6 is 0 Å². The Bertz CT molecular complexity index is 622. The van der Waals surface area contributed by atoms with E-state index in [0.29, 0.717) is 21.2 Å². The third kappa shape index (κ3) is 2.39. The summed E-state index contributed by atoms with van der Waals surface area (Å²) in [6.45, 7) is 21.5. The van der Waals surface area contributed by atoms with Gasteiger partial charge in [-0.3, -0.25) is 0 Å². The van der Waals surface area contributed by atoms with Gasteiger partial charge in [0.2, 0.25) is 0 Å². The van der Waals surface area contributed by atoms with Crippen molar-refractivity contribution in [2.75, 3.05) is 7.11 Å². The van der Waals surface area contributed by atoms with Crippen molar-refractivity contribution in [2.45, 2.75) is 108 Å². The van der Waals surface area contributed by atoms with Crippen molar-refractivity contribution >= 4 is 16.1 Å². The van der Waals surface area contributed by atoms with E-state index >= 15 is 0 Å². The molecule has 28 heavy (non-hydrogen) atoms. The van der Waals surface area contributed by atoms with Crippen molar-refractivity contribution in [1.82, 2.24) is 0 Å². The van der Waals surface area contributed by atoms with Crippen molar-refractivity contribution in [3.05, 3.63) is 12.2 Å². The van der Waals surface area contributed by atoms with E-state index in [2.05, 4.69) is 65.7 Å². The van der Waals surface area contributed by atoms with Crippen LogP contribution in [0, 0.1) is 29.1 Å². The summed E-state index contributed by atoms with van der Waals surface area (Å²) in [6, 6.07) is 0. The van der Waals surface area contributed by atoms with Gasteiger partial charge in [-0.25, -0.2) is 0 Å². The summed E-state index contributed by atoms with van der Waals surface area (Å²) in [5, 5.41) is 0.415. The zero-order valence-corrected chi connectivity index (χ0v) is 22.2. The predicted molar refractivity (Wildman–Crippen MR) is 127 cm³/mol. The number of hydrogen-bond donors (Lipinski definition) is 0. The summed E-state index contributed by atoms with van der Waals surface area (Å²) in [4.78, 5) is 0. The quantitative estimate of drug-likeness (QED) is 0.340. The molecule has 3 heteroatoms. The second kappa shape index (κ2) is 6.32. The van der Waals surface area contributed by atoms with Crippen LogP contribution in [0.4, 0.5) is 0 Å². The van der Waals surface area contributed by atoms with Gasteiger partial charge in [0.25, 0.3) is 0 Å². The third-order valence-corrected chi connectivity index (χ3v) is 24.8. The molecular weight excluding hydrogens is 372 g/mol. The molecule has 0 amide bonds. The average molecular weight is 419 g/mol. The smallest absolute Gasteiger partial charge is 0.0813 e. The molecule has 2 unspecified atom stereocenters. The van der Waals surface area contributed by atoms with Gasteiger partial charge in [0.1, 0.15) is 0 Å². The Hall–Kier alpha value is 0.134. The molecule has 4 bridgehead atoms. The van der Waals surface area contributed by atoms with Gasteiger partial charge in [-0.15, -0.1) is 0 Å². The minimum absolute atomic E-state index is 0.345. The van der Waals surface area contributed by atoms with Crippen LogP contribution in [-0.4, -0.2) is 29.4 Å². The largest absolute Gasteiger partial charge is 0.377 e. The van der Waals surface area contributed by atoms with E-state index in [0.717, 1.165) is 23.7 Å². The third-order valence-electron chi connectivity index (χ3n) is 10.9. The zero-order chi connectivity index (χ0) is 20.8. The SMILES string of the molecule is COC1C=CCC([Si](C)(C)C)([Si](C)(C)C(C)(C)C)C12C1CC3CC(C1)CC2C3. The molecule has 5 rings (SSSR count). The summed E-state index contributed by atoms with van der Waals surface area (Å²) in [6.07, 6.45) is 14.3. The summed E-state index contributed by atoms with van der Waals surface area (Å²) in [5.74, 6) is 3.85. The monoisotopic (exact) mass is 418 g/mol. The highest BCUT2D eigenvalue weighted by molar-refractivity contribution is 7.00. The fourth-order valence-electron chi connectivity index (χ4n) is 9.68. The molecule has 0 aliphatic heterocycles. The van der Waals surface area contributed by atoms with Gasteiger partial charge in [-0.05, 0) is 71.9 Å². The molecular formula is C25H46OSi2. The Morgan fingerprint density at radius 2 is 1.36 bits per heavy atom. The van der Waals surface area contributed by atoms with Gasteiger partial charge in [-0.1, -0.05) is 65.7 Å². The molecule has 0 N–H and O–H groups in total. The number of ether oxygens (including phenoxy) is 1. The van der Waals surface area contributed by atoms with Gasteiger partial charge in [0, 0.05) is 20.6 Å². The lowest BCUT2D eigenvalue weighted by molar-refractivity contribution is -0.178. The van der Waals surface area contributed by atoms with Crippen molar-refractivity contribution < 1.29 is 4.74 Å². The summed E-state index contributed by atoms with van der Waals surface area (Å²) >= 11 is 0. The number of rotatable bonds is 3. The fourth-order valence-corrected chi connectivity index (χ4v) is 24.4. The first-order chi connectivity index (χ1) is 12.8. The lowest BCUT2D eigenvalue weighted by Gasteiger charge is -2.77. The molecule has 0 radical (unpaired) electrons. The standard InChI is InChI=1S/C25H46OSi2/c1-23(2,3)28(8,9)24(27(5,6)7)12-10-11-22(26-4)25(24)20-14-18-13-19(16-20)17-21(25)15-18/h10-11,18-22H,12-17H2,1-9H3.